The Labute approximate surface area is 143 Å². The minimum absolute atomic E-state index is 0.0306. The fourth-order valence-electron chi connectivity index (χ4n) is 2.75. The monoisotopic (exact) mass is 324 g/mol. The van der Waals surface area contributed by atoms with Crippen LogP contribution in [0.1, 0.15) is 34.0 Å². The van der Waals surface area contributed by atoms with Gasteiger partial charge >= 0.3 is 0 Å². The number of nitrogens with one attached hydrogen (secondary N) is 1. The number of benzene rings is 2. The van der Waals surface area contributed by atoms with Gasteiger partial charge < -0.3 is 10.2 Å². The van der Waals surface area contributed by atoms with Crippen LogP contribution in [0.3, 0.4) is 0 Å². The Kier molecular flexibility index (Phi) is 5.74. The van der Waals surface area contributed by atoms with Gasteiger partial charge in [0.1, 0.15) is 0 Å². The molecule has 0 saturated carbocycles. The van der Waals surface area contributed by atoms with E-state index in [0.29, 0.717) is 18.7 Å². The molecular formula is C20H24N2O2. The lowest BCUT2D eigenvalue weighted by atomic mass is 10.1. The fourth-order valence-corrected chi connectivity index (χ4v) is 2.75. The largest absolute Gasteiger partial charge is 0.350 e. The summed E-state index contributed by atoms with van der Waals surface area (Å²) in [7, 11) is 0. The average molecular weight is 324 g/mol. The molecule has 2 rings (SSSR count). The second-order valence-corrected chi connectivity index (χ2v) is 6.03. The smallest absolute Gasteiger partial charge is 0.251 e. The van der Waals surface area contributed by atoms with Crippen molar-refractivity contribution in [3.63, 3.8) is 0 Å². The molecule has 0 radical (unpaired) electrons. The molecule has 0 aliphatic carbocycles. The zero-order valence-corrected chi connectivity index (χ0v) is 14.7. The lowest BCUT2D eigenvalue weighted by molar-refractivity contribution is -0.116. The van der Waals surface area contributed by atoms with Crippen LogP contribution in [-0.2, 0) is 4.79 Å². The summed E-state index contributed by atoms with van der Waals surface area (Å²) >= 11 is 0. The Bertz CT molecular complexity index is 716. The van der Waals surface area contributed by atoms with E-state index >= 15 is 0 Å². The molecule has 0 bridgehead atoms. The van der Waals surface area contributed by atoms with Gasteiger partial charge in [-0.2, -0.15) is 0 Å². The highest BCUT2D eigenvalue weighted by Crippen LogP contribution is 2.24. The molecule has 0 unspecified atom stereocenters. The molecule has 4 heteroatoms. The average Bonchev–Trinajstić information content (AvgIpc) is 2.53. The van der Waals surface area contributed by atoms with Gasteiger partial charge in [0.15, 0.2) is 0 Å². The van der Waals surface area contributed by atoms with Crippen LogP contribution >= 0.6 is 0 Å². The van der Waals surface area contributed by atoms with E-state index in [0.717, 1.165) is 22.4 Å². The quantitative estimate of drug-likeness (QED) is 0.916. The Morgan fingerprint density at radius 2 is 1.54 bits per heavy atom. The molecular weight excluding hydrogens is 300 g/mol. The molecule has 2 aromatic rings. The standard InChI is InChI=1S/C20H24N2O2/c1-14-8-10-18(11-9-14)20(24)21-12-13-22(17(4)23)19-15(2)6-5-7-16(19)3/h5-11H,12-13H2,1-4H3,(H,21,24). The highest BCUT2D eigenvalue weighted by Gasteiger charge is 2.16. The Hall–Kier alpha value is -2.62. The van der Waals surface area contributed by atoms with Crippen molar-refractivity contribution in [1.29, 1.82) is 0 Å². The number of para-hydroxylation sites is 1. The van der Waals surface area contributed by atoms with Gasteiger partial charge in [0.25, 0.3) is 5.91 Å². The second-order valence-electron chi connectivity index (χ2n) is 6.03. The summed E-state index contributed by atoms with van der Waals surface area (Å²) < 4.78 is 0. The first-order valence-electron chi connectivity index (χ1n) is 8.09. The third-order valence-corrected chi connectivity index (χ3v) is 4.02. The number of aryl methyl sites for hydroxylation is 3. The molecule has 0 spiro atoms. The van der Waals surface area contributed by atoms with Crippen molar-refractivity contribution in [2.24, 2.45) is 0 Å². The number of carbonyl (C=O) groups is 2. The first-order valence-corrected chi connectivity index (χ1v) is 8.09. The summed E-state index contributed by atoms with van der Waals surface area (Å²) in [4.78, 5) is 25.9. The van der Waals surface area contributed by atoms with Crippen molar-refractivity contribution < 1.29 is 9.59 Å². The number of anilines is 1. The molecule has 0 heterocycles. The van der Waals surface area contributed by atoms with Crippen LogP contribution < -0.4 is 10.2 Å². The van der Waals surface area contributed by atoms with E-state index in [4.69, 9.17) is 0 Å². The Morgan fingerprint density at radius 1 is 0.958 bits per heavy atom. The van der Waals surface area contributed by atoms with Gasteiger partial charge in [0.2, 0.25) is 5.91 Å². The van der Waals surface area contributed by atoms with E-state index in [1.165, 1.54) is 0 Å². The maximum absolute atomic E-state index is 12.2. The molecule has 1 N–H and O–H groups in total. The van der Waals surface area contributed by atoms with Crippen LogP contribution in [0.4, 0.5) is 5.69 Å². The molecule has 4 nitrogen and oxygen atoms in total. The molecule has 0 aromatic heterocycles. The van der Waals surface area contributed by atoms with Gasteiger partial charge in [0, 0.05) is 31.3 Å². The molecule has 0 atom stereocenters. The van der Waals surface area contributed by atoms with E-state index in [9.17, 15) is 9.59 Å². The fraction of sp³-hybridized carbons (Fsp3) is 0.300. The number of hydrogen-bond donors (Lipinski definition) is 1. The van der Waals surface area contributed by atoms with Crippen molar-refractivity contribution in [1.82, 2.24) is 5.32 Å². The van der Waals surface area contributed by atoms with Crippen molar-refractivity contribution >= 4 is 17.5 Å². The number of nitrogens with zero attached hydrogens (tertiary/aromatic N) is 1. The molecule has 2 amide bonds. The highest BCUT2D eigenvalue weighted by molar-refractivity contribution is 5.95. The Morgan fingerprint density at radius 3 is 2.08 bits per heavy atom. The molecule has 24 heavy (non-hydrogen) atoms. The summed E-state index contributed by atoms with van der Waals surface area (Å²) in [5.74, 6) is -0.156. The van der Waals surface area contributed by atoms with E-state index in [2.05, 4.69) is 5.32 Å². The summed E-state index contributed by atoms with van der Waals surface area (Å²) in [5.41, 5.74) is 4.77. The molecule has 126 valence electrons. The minimum atomic E-state index is -0.125. The van der Waals surface area contributed by atoms with Gasteiger partial charge in [-0.05, 0) is 44.0 Å². The van der Waals surface area contributed by atoms with Crippen molar-refractivity contribution in [2.45, 2.75) is 27.7 Å². The van der Waals surface area contributed by atoms with Gasteiger partial charge in [-0.15, -0.1) is 0 Å². The van der Waals surface area contributed by atoms with E-state index in [-0.39, 0.29) is 11.8 Å². The lowest BCUT2D eigenvalue weighted by Gasteiger charge is -2.25. The predicted octanol–water partition coefficient (Wildman–Crippen LogP) is 3.39. The van der Waals surface area contributed by atoms with E-state index in [1.54, 1.807) is 24.0 Å². The number of rotatable bonds is 5. The van der Waals surface area contributed by atoms with E-state index < -0.39 is 0 Å². The third kappa shape index (κ3) is 4.22. The normalized spacial score (nSPS) is 10.3. The maximum atomic E-state index is 12.2. The van der Waals surface area contributed by atoms with Crippen LogP contribution in [0.2, 0.25) is 0 Å². The summed E-state index contributed by atoms with van der Waals surface area (Å²) in [6.07, 6.45) is 0. The molecule has 0 saturated heterocycles. The lowest BCUT2D eigenvalue weighted by Crippen LogP contribution is -2.38. The highest BCUT2D eigenvalue weighted by atomic mass is 16.2. The number of carbonyl (C=O) groups excluding carboxylic acids is 2. The predicted molar refractivity (Wildman–Crippen MR) is 97.5 cm³/mol. The van der Waals surface area contributed by atoms with Gasteiger partial charge in [-0.25, -0.2) is 0 Å². The van der Waals surface area contributed by atoms with Crippen molar-refractivity contribution in [3.05, 3.63) is 64.7 Å². The van der Waals surface area contributed by atoms with Crippen molar-refractivity contribution in [2.75, 3.05) is 18.0 Å². The molecule has 0 fully saturated rings. The first kappa shape index (κ1) is 17.7. The topological polar surface area (TPSA) is 49.4 Å². The van der Waals surface area contributed by atoms with Crippen LogP contribution in [-0.4, -0.2) is 24.9 Å². The third-order valence-electron chi connectivity index (χ3n) is 4.02. The number of hydrogen-bond acceptors (Lipinski definition) is 2. The zero-order valence-electron chi connectivity index (χ0n) is 14.7. The summed E-state index contributed by atoms with van der Waals surface area (Å²) in [5, 5.41) is 2.88. The summed E-state index contributed by atoms with van der Waals surface area (Å²) in [6, 6.07) is 13.4. The van der Waals surface area contributed by atoms with Crippen LogP contribution in [0, 0.1) is 20.8 Å². The second kappa shape index (κ2) is 7.77. The zero-order chi connectivity index (χ0) is 17.7. The van der Waals surface area contributed by atoms with Crippen LogP contribution in [0.5, 0.6) is 0 Å². The molecule has 0 aliphatic rings. The van der Waals surface area contributed by atoms with Crippen molar-refractivity contribution in [3.8, 4) is 0 Å². The van der Waals surface area contributed by atoms with Crippen LogP contribution in [0.25, 0.3) is 0 Å². The van der Waals surface area contributed by atoms with Gasteiger partial charge in [-0.3, -0.25) is 9.59 Å². The first-order chi connectivity index (χ1) is 11.4. The van der Waals surface area contributed by atoms with Gasteiger partial charge in [-0.1, -0.05) is 35.9 Å². The Balaban J connectivity index is 2.03. The SMILES string of the molecule is CC(=O)N(CCNC(=O)c1ccc(C)cc1)c1c(C)cccc1C. The summed E-state index contributed by atoms with van der Waals surface area (Å²) in [6.45, 7) is 8.36. The number of amides is 2. The van der Waals surface area contributed by atoms with Gasteiger partial charge in [0.05, 0.1) is 0 Å². The van der Waals surface area contributed by atoms with E-state index in [1.807, 2.05) is 51.1 Å². The minimum Gasteiger partial charge on any atom is -0.350 e. The molecule has 0 aliphatic heterocycles. The maximum Gasteiger partial charge on any atom is 0.251 e. The molecule has 2 aromatic carbocycles. The van der Waals surface area contributed by atoms with Crippen LogP contribution in [0.15, 0.2) is 42.5 Å².